The van der Waals surface area contributed by atoms with E-state index >= 15 is 0 Å². The molecular formula is C23H31NO6. The first kappa shape index (κ1) is 23.4. The minimum absolute atomic E-state index is 0.250. The van der Waals surface area contributed by atoms with Crippen molar-refractivity contribution in [2.75, 3.05) is 6.61 Å². The Labute approximate surface area is 176 Å². The average molecular weight is 418 g/mol. The fourth-order valence-corrected chi connectivity index (χ4v) is 3.36. The smallest absolute Gasteiger partial charge is 0.339 e. The zero-order chi connectivity index (χ0) is 22.3. The van der Waals surface area contributed by atoms with Gasteiger partial charge in [-0.2, -0.15) is 0 Å². The number of carbonyl (C=O) groups excluding carboxylic acids is 1. The van der Waals surface area contributed by atoms with Gasteiger partial charge >= 0.3 is 11.6 Å². The lowest BCUT2D eigenvalue weighted by Gasteiger charge is -2.18. The van der Waals surface area contributed by atoms with E-state index in [1.807, 2.05) is 13.0 Å². The highest BCUT2D eigenvalue weighted by atomic mass is 16.5. The molecule has 1 aromatic heterocycles. The van der Waals surface area contributed by atoms with Crippen LogP contribution in [0.1, 0.15) is 57.6 Å². The van der Waals surface area contributed by atoms with E-state index in [0.717, 1.165) is 36.6 Å². The van der Waals surface area contributed by atoms with Gasteiger partial charge in [0, 0.05) is 17.0 Å². The van der Waals surface area contributed by atoms with Gasteiger partial charge in [0.15, 0.2) is 6.61 Å². The summed E-state index contributed by atoms with van der Waals surface area (Å²) >= 11 is 0. The third-order valence-electron chi connectivity index (χ3n) is 5.16. The van der Waals surface area contributed by atoms with Crippen LogP contribution in [0.3, 0.4) is 0 Å². The van der Waals surface area contributed by atoms with Crippen LogP contribution in [0.25, 0.3) is 11.0 Å². The molecule has 7 heteroatoms. The second-order valence-electron chi connectivity index (χ2n) is 7.88. The molecule has 0 spiro atoms. The van der Waals surface area contributed by atoms with Crippen LogP contribution >= 0.6 is 0 Å². The number of unbranched alkanes of at least 4 members (excludes halogenated alkanes) is 3. The number of carboxylic acid groups (broad SMARTS) is 1. The summed E-state index contributed by atoms with van der Waals surface area (Å²) in [5, 5.41) is 12.4. The lowest BCUT2D eigenvalue weighted by Crippen LogP contribution is -2.46. The van der Waals surface area contributed by atoms with Gasteiger partial charge in [-0.05, 0) is 43.4 Å². The molecule has 1 atom stereocenters. The Morgan fingerprint density at radius 2 is 1.93 bits per heavy atom. The molecule has 0 aliphatic rings. The summed E-state index contributed by atoms with van der Waals surface area (Å²) in [4.78, 5) is 35.6. The average Bonchev–Trinajstić information content (AvgIpc) is 2.69. The van der Waals surface area contributed by atoms with Crippen molar-refractivity contribution in [2.45, 2.75) is 65.8 Å². The Balaban J connectivity index is 2.09. The molecule has 0 saturated heterocycles. The maximum absolute atomic E-state index is 12.4. The standard InChI is InChI=1S/C23H31NO6/c1-5-6-7-8-9-18-15(4)17-11-10-16(12-19(17)30-23(18)28)29-13-20(25)24-21(14(2)3)22(26)27/h10-12,14,21H,5-9,13H2,1-4H3,(H,24,25)(H,26,27). The van der Waals surface area contributed by atoms with Crippen LogP contribution in [0, 0.1) is 12.8 Å². The third-order valence-corrected chi connectivity index (χ3v) is 5.16. The van der Waals surface area contributed by atoms with Crippen molar-refractivity contribution in [3.63, 3.8) is 0 Å². The summed E-state index contributed by atoms with van der Waals surface area (Å²) in [6.07, 6.45) is 5.02. The fraction of sp³-hybridized carbons (Fsp3) is 0.522. The van der Waals surface area contributed by atoms with Crippen LogP contribution in [0.4, 0.5) is 0 Å². The van der Waals surface area contributed by atoms with E-state index in [-0.39, 0.29) is 18.2 Å². The Hall–Kier alpha value is -2.83. The van der Waals surface area contributed by atoms with Gasteiger partial charge < -0.3 is 19.6 Å². The van der Waals surface area contributed by atoms with Crippen LogP contribution in [-0.2, 0) is 16.0 Å². The summed E-state index contributed by atoms with van der Waals surface area (Å²) in [5.41, 5.74) is 1.68. The van der Waals surface area contributed by atoms with Crippen LogP contribution in [0.2, 0.25) is 0 Å². The molecule has 1 amide bonds. The van der Waals surface area contributed by atoms with E-state index in [0.29, 0.717) is 23.3 Å². The second-order valence-corrected chi connectivity index (χ2v) is 7.88. The largest absolute Gasteiger partial charge is 0.484 e. The number of aliphatic carboxylic acids is 1. The van der Waals surface area contributed by atoms with Crippen molar-refractivity contribution in [1.82, 2.24) is 5.32 Å². The van der Waals surface area contributed by atoms with E-state index in [1.54, 1.807) is 26.0 Å². The van der Waals surface area contributed by atoms with Crippen molar-refractivity contribution < 1.29 is 23.8 Å². The maximum Gasteiger partial charge on any atom is 0.339 e. The highest BCUT2D eigenvalue weighted by Gasteiger charge is 2.23. The molecule has 2 aromatic rings. The number of carboxylic acids is 1. The molecule has 2 rings (SSSR count). The first-order valence-corrected chi connectivity index (χ1v) is 10.5. The zero-order valence-electron chi connectivity index (χ0n) is 18.1. The molecule has 0 aliphatic heterocycles. The molecule has 0 saturated carbocycles. The van der Waals surface area contributed by atoms with Crippen LogP contribution < -0.4 is 15.7 Å². The van der Waals surface area contributed by atoms with Gasteiger partial charge in [-0.1, -0.05) is 40.0 Å². The lowest BCUT2D eigenvalue weighted by molar-refractivity contribution is -0.143. The van der Waals surface area contributed by atoms with Crippen LogP contribution in [0.5, 0.6) is 5.75 Å². The first-order valence-electron chi connectivity index (χ1n) is 10.5. The maximum atomic E-state index is 12.4. The molecule has 0 bridgehead atoms. The Bertz CT molecular complexity index is 947. The predicted molar refractivity (Wildman–Crippen MR) is 115 cm³/mol. The van der Waals surface area contributed by atoms with Gasteiger partial charge in [-0.3, -0.25) is 4.79 Å². The molecule has 1 unspecified atom stereocenters. The summed E-state index contributed by atoms with van der Waals surface area (Å²) < 4.78 is 11.0. The zero-order valence-corrected chi connectivity index (χ0v) is 18.1. The molecule has 7 nitrogen and oxygen atoms in total. The van der Waals surface area contributed by atoms with Crippen molar-refractivity contribution in [3.05, 3.63) is 39.7 Å². The molecule has 0 aliphatic carbocycles. The number of nitrogens with one attached hydrogen (secondary N) is 1. The van der Waals surface area contributed by atoms with E-state index in [1.165, 1.54) is 0 Å². The molecule has 30 heavy (non-hydrogen) atoms. The molecule has 164 valence electrons. The number of rotatable bonds is 11. The molecule has 1 aromatic carbocycles. The predicted octanol–water partition coefficient (Wildman–Crippen LogP) is 3.83. The van der Waals surface area contributed by atoms with E-state index in [2.05, 4.69) is 12.2 Å². The summed E-state index contributed by atoms with van der Waals surface area (Å²) in [5.74, 6) is -1.50. The number of carbonyl (C=O) groups is 2. The van der Waals surface area contributed by atoms with Gasteiger partial charge in [0.25, 0.3) is 5.91 Å². The van der Waals surface area contributed by atoms with Gasteiger partial charge in [0.2, 0.25) is 0 Å². The van der Waals surface area contributed by atoms with E-state index in [4.69, 9.17) is 14.3 Å². The number of benzene rings is 1. The quantitative estimate of drug-likeness (QED) is 0.425. The third kappa shape index (κ3) is 6.08. The summed E-state index contributed by atoms with van der Waals surface area (Å²) in [7, 11) is 0. The van der Waals surface area contributed by atoms with E-state index < -0.39 is 17.9 Å². The fourth-order valence-electron chi connectivity index (χ4n) is 3.36. The van der Waals surface area contributed by atoms with Gasteiger partial charge in [-0.15, -0.1) is 0 Å². The van der Waals surface area contributed by atoms with Gasteiger partial charge in [-0.25, -0.2) is 9.59 Å². The number of ether oxygens (including phenoxy) is 1. The highest BCUT2D eigenvalue weighted by molar-refractivity contribution is 5.85. The normalized spacial score (nSPS) is 12.2. The van der Waals surface area contributed by atoms with Gasteiger partial charge in [0.05, 0.1) is 0 Å². The van der Waals surface area contributed by atoms with Gasteiger partial charge in [0.1, 0.15) is 17.4 Å². The van der Waals surface area contributed by atoms with Crippen LogP contribution in [0.15, 0.2) is 27.4 Å². The Kier molecular flexibility index (Phi) is 8.45. The van der Waals surface area contributed by atoms with E-state index in [9.17, 15) is 14.4 Å². The minimum Gasteiger partial charge on any atom is -0.484 e. The number of hydrogen-bond acceptors (Lipinski definition) is 5. The van der Waals surface area contributed by atoms with Crippen molar-refractivity contribution >= 4 is 22.8 Å². The highest BCUT2D eigenvalue weighted by Crippen LogP contribution is 2.25. The molecule has 0 radical (unpaired) electrons. The first-order chi connectivity index (χ1) is 14.2. The molecule has 0 fully saturated rings. The summed E-state index contributed by atoms with van der Waals surface area (Å²) in [6.45, 7) is 7.16. The number of hydrogen-bond donors (Lipinski definition) is 2. The van der Waals surface area contributed by atoms with Crippen LogP contribution in [-0.4, -0.2) is 29.6 Å². The number of amides is 1. The lowest BCUT2D eigenvalue weighted by atomic mass is 10.0. The summed E-state index contributed by atoms with van der Waals surface area (Å²) in [6, 6.07) is 4.12. The topological polar surface area (TPSA) is 106 Å². The Morgan fingerprint density at radius 3 is 2.57 bits per heavy atom. The van der Waals surface area contributed by atoms with Crippen molar-refractivity contribution in [2.24, 2.45) is 5.92 Å². The number of fused-ring (bicyclic) bond motifs is 1. The molecular weight excluding hydrogens is 386 g/mol. The Morgan fingerprint density at radius 1 is 1.20 bits per heavy atom. The number of aryl methyl sites for hydroxylation is 1. The minimum atomic E-state index is -1.09. The monoisotopic (exact) mass is 417 g/mol. The SMILES string of the molecule is CCCCCCc1c(C)c2ccc(OCC(=O)NC(C(=O)O)C(C)C)cc2oc1=O. The second kappa shape index (κ2) is 10.8. The van der Waals surface area contributed by atoms with Crippen molar-refractivity contribution in [3.8, 4) is 5.75 Å². The molecule has 2 N–H and O–H groups in total. The molecule has 1 heterocycles. The van der Waals surface area contributed by atoms with Crippen molar-refractivity contribution in [1.29, 1.82) is 0 Å².